The van der Waals surface area contributed by atoms with Crippen molar-refractivity contribution in [3.05, 3.63) is 80.7 Å². The van der Waals surface area contributed by atoms with E-state index in [0.717, 1.165) is 70.6 Å². The Hall–Kier alpha value is -3.38. The van der Waals surface area contributed by atoms with Crippen LogP contribution in [-0.2, 0) is 14.4 Å². The number of rotatable bonds is 5. The minimum Gasteiger partial charge on any atom is -0.482 e. The zero-order chi connectivity index (χ0) is 26.3. The fourth-order valence-corrected chi connectivity index (χ4v) is 5.94. The van der Waals surface area contributed by atoms with Crippen LogP contribution in [0.5, 0.6) is 5.75 Å². The molecule has 1 aliphatic heterocycles. The highest BCUT2D eigenvalue weighted by Crippen LogP contribution is 2.49. The van der Waals surface area contributed by atoms with Gasteiger partial charge in [0.1, 0.15) is 5.75 Å². The van der Waals surface area contributed by atoms with E-state index in [-0.39, 0.29) is 24.1 Å². The van der Waals surface area contributed by atoms with Gasteiger partial charge in [-0.1, -0.05) is 29.8 Å². The number of allylic oxidation sites excluding steroid dienone is 4. The number of ketones is 2. The van der Waals surface area contributed by atoms with Crippen molar-refractivity contribution in [2.24, 2.45) is 0 Å². The summed E-state index contributed by atoms with van der Waals surface area (Å²) in [7, 11) is 1.98. The van der Waals surface area contributed by atoms with E-state index in [9.17, 15) is 14.4 Å². The summed E-state index contributed by atoms with van der Waals surface area (Å²) in [5.74, 6) is -0.122. The van der Waals surface area contributed by atoms with Crippen molar-refractivity contribution in [1.29, 1.82) is 0 Å². The fourth-order valence-electron chi connectivity index (χ4n) is 5.70. The summed E-state index contributed by atoms with van der Waals surface area (Å²) in [4.78, 5) is 40.9. The molecule has 0 fully saturated rings. The number of hydrogen-bond donors (Lipinski definition) is 1. The van der Waals surface area contributed by atoms with Crippen LogP contribution in [0.25, 0.3) is 0 Å². The van der Waals surface area contributed by atoms with Crippen LogP contribution in [0.1, 0.15) is 61.1 Å². The Morgan fingerprint density at radius 2 is 1.62 bits per heavy atom. The van der Waals surface area contributed by atoms with Gasteiger partial charge in [0.15, 0.2) is 18.2 Å². The molecule has 0 spiro atoms. The highest BCUT2D eigenvalue weighted by atomic mass is 35.5. The molecule has 1 amide bonds. The molecule has 0 bridgehead atoms. The molecule has 3 aliphatic rings. The van der Waals surface area contributed by atoms with Gasteiger partial charge in [0.2, 0.25) is 0 Å². The molecule has 37 heavy (non-hydrogen) atoms. The standard InChI is InChI=1S/C30H31ClN2O4/c1-17-10-11-18(2)21(14-17)32-27(36)16-37-26-13-12-19(15-20(26)31)28-29-22(6-4-8-24(29)34)33(3)23-7-5-9-25(35)30(23)28/h10-15,28H,4-9,16H2,1-3H3,(H,32,36). The zero-order valence-corrected chi connectivity index (χ0v) is 22.2. The van der Waals surface area contributed by atoms with Gasteiger partial charge < -0.3 is 15.0 Å². The highest BCUT2D eigenvalue weighted by Gasteiger charge is 2.42. The number of anilines is 1. The van der Waals surface area contributed by atoms with Crippen molar-refractivity contribution >= 4 is 34.8 Å². The normalized spacial score (nSPS) is 18.1. The number of Topliss-reactive ketones (excluding diaryl/α,β-unsaturated/α-hetero) is 2. The van der Waals surface area contributed by atoms with E-state index in [0.29, 0.717) is 23.6 Å². The van der Waals surface area contributed by atoms with Crippen molar-refractivity contribution in [1.82, 2.24) is 4.90 Å². The second kappa shape index (κ2) is 10.2. The molecule has 2 aromatic rings. The van der Waals surface area contributed by atoms with Gasteiger partial charge in [-0.2, -0.15) is 0 Å². The molecular formula is C30H31ClN2O4. The van der Waals surface area contributed by atoms with Gasteiger partial charge in [-0.05, 0) is 74.4 Å². The third kappa shape index (κ3) is 4.82. The summed E-state index contributed by atoms with van der Waals surface area (Å²) in [5.41, 5.74) is 7.06. The Labute approximate surface area is 222 Å². The molecule has 1 heterocycles. The van der Waals surface area contributed by atoms with E-state index in [2.05, 4.69) is 10.2 Å². The highest BCUT2D eigenvalue weighted by molar-refractivity contribution is 6.32. The smallest absolute Gasteiger partial charge is 0.262 e. The largest absolute Gasteiger partial charge is 0.482 e. The molecule has 6 nitrogen and oxygen atoms in total. The van der Waals surface area contributed by atoms with Crippen molar-refractivity contribution < 1.29 is 19.1 Å². The van der Waals surface area contributed by atoms with Crippen LogP contribution in [0, 0.1) is 13.8 Å². The minimum atomic E-state index is -0.416. The number of aryl methyl sites for hydroxylation is 2. The van der Waals surface area contributed by atoms with Crippen molar-refractivity contribution in [3.63, 3.8) is 0 Å². The van der Waals surface area contributed by atoms with Crippen molar-refractivity contribution in [2.45, 2.75) is 58.3 Å². The van der Waals surface area contributed by atoms with Crippen LogP contribution in [0.15, 0.2) is 58.9 Å². The number of benzene rings is 2. The van der Waals surface area contributed by atoms with E-state index in [1.165, 1.54) is 0 Å². The Bertz CT molecular complexity index is 1330. The predicted octanol–water partition coefficient (Wildman–Crippen LogP) is 6.02. The maximum absolute atomic E-state index is 13.1. The maximum Gasteiger partial charge on any atom is 0.262 e. The van der Waals surface area contributed by atoms with Crippen LogP contribution < -0.4 is 10.1 Å². The summed E-state index contributed by atoms with van der Waals surface area (Å²) in [6, 6.07) is 11.2. The first-order chi connectivity index (χ1) is 17.7. The average molecular weight is 519 g/mol. The maximum atomic E-state index is 13.1. The second-order valence-corrected chi connectivity index (χ2v) is 10.5. The van der Waals surface area contributed by atoms with E-state index < -0.39 is 5.92 Å². The lowest BCUT2D eigenvalue weighted by Crippen LogP contribution is -2.37. The number of ether oxygens (including phenoxy) is 1. The van der Waals surface area contributed by atoms with Crippen LogP contribution in [0.4, 0.5) is 5.69 Å². The first kappa shape index (κ1) is 25.3. The molecule has 0 unspecified atom stereocenters. The monoisotopic (exact) mass is 518 g/mol. The molecule has 0 atom stereocenters. The minimum absolute atomic E-state index is 0.0996. The Kier molecular flexibility index (Phi) is 6.95. The van der Waals surface area contributed by atoms with Crippen molar-refractivity contribution in [3.8, 4) is 5.75 Å². The topological polar surface area (TPSA) is 75.7 Å². The quantitative estimate of drug-likeness (QED) is 0.524. The van der Waals surface area contributed by atoms with E-state index in [4.69, 9.17) is 16.3 Å². The average Bonchev–Trinajstić information content (AvgIpc) is 2.87. The number of halogens is 1. The zero-order valence-electron chi connectivity index (χ0n) is 21.4. The van der Waals surface area contributed by atoms with Gasteiger partial charge in [0.25, 0.3) is 5.91 Å². The summed E-state index contributed by atoms with van der Waals surface area (Å²) < 4.78 is 5.75. The number of nitrogens with zero attached hydrogens (tertiary/aromatic N) is 1. The van der Waals surface area contributed by atoms with Crippen LogP contribution in [-0.4, -0.2) is 36.0 Å². The molecule has 5 rings (SSSR count). The van der Waals surface area contributed by atoms with Gasteiger partial charge in [-0.15, -0.1) is 0 Å². The number of hydrogen-bond acceptors (Lipinski definition) is 5. The number of nitrogens with one attached hydrogen (secondary N) is 1. The van der Waals surface area contributed by atoms with Gasteiger partial charge in [0.05, 0.1) is 5.02 Å². The van der Waals surface area contributed by atoms with Gasteiger partial charge in [-0.25, -0.2) is 0 Å². The van der Waals surface area contributed by atoms with E-state index >= 15 is 0 Å². The third-order valence-electron chi connectivity index (χ3n) is 7.56. The molecule has 2 aliphatic carbocycles. The molecule has 0 saturated heterocycles. The molecule has 192 valence electrons. The Morgan fingerprint density at radius 1 is 0.973 bits per heavy atom. The van der Waals surface area contributed by atoms with Crippen molar-refractivity contribution in [2.75, 3.05) is 19.0 Å². The Balaban J connectivity index is 1.40. The summed E-state index contributed by atoms with van der Waals surface area (Å²) in [6.07, 6.45) is 4.27. The number of amides is 1. The first-order valence-electron chi connectivity index (χ1n) is 12.8. The lowest BCUT2D eigenvalue weighted by atomic mass is 9.71. The third-order valence-corrected chi connectivity index (χ3v) is 7.86. The summed E-state index contributed by atoms with van der Waals surface area (Å²) in [5, 5.41) is 3.22. The van der Waals surface area contributed by atoms with Gasteiger partial charge in [-0.3, -0.25) is 14.4 Å². The molecule has 0 saturated carbocycles. The molecule has 2 aromatic carbocycles. The molecule has 7 heteroatoms. The SMILES string of the molecule is Cc1ccc(C)c(NC(=O)COc2ccc(C3C4=C(CCCC4=O)N(C)C4=C3C(=O)CCC4)cc2Cl)c1. The van der Waals surface area contributed by atoms with Crippen LogP contribution in [0.2, 0.25) is 5.02 Å². The molecular weight excluding hydrogens is 488 g/mol. The van der Waals surface area contributed by atoms with Crippen LogP contribution >= 0.6 is 11.6 Å². The van der Waals surface area contributed by atoms with E-state index in [1.807, 2.05) is 45.2 Å². The molecule has 1 N–H and O–H groups in total. The lowest BCUT2D eigenvalue weighted by Gasteiger charge is -2.42. The van der Waals surface area contributed by atoms with Crippen LogP contribution in [0.3, 0.4) is 0 Å². The number of carbonyl (C=O) groups excluding carboxylic acids is 3. The fraction of sp³-hybridized carbons (Fsp3) is 0.367. The lowest BCUT2D eigenvalue weighted by molar-refractivity contribution is -0.118. The van der Waals surface area contributed by atoms with E-state index in [1.54, 1.807) is 12.1 Å². The first-order valence-corrected chi connectivity index (χ1v) is 13.2. The summed E-state index contributed by atoms with van der Waals surface area (Å²) >= 11 is 6.62. The predicted molar refractivity (Wildman–Crippen MR) is 144 cm³/mol. The summed E-state index contributed by atoms with van der Waals surface area (Å²) in [6.45, 7) is 3.71. The molecule has 0 aromatic heterocycles. The van der Waals surface area contributed by atoms with Gasteiger partial charge in [0, 0.05) is 54.0 Å². The second-order valence-electron chi connectivity index (χ2n) is 10.1. The molecule has 0 radical (unpaired) electrons. The van der Waals surface area contributed by atoms with Gasteiger partial charge >= 0.3 is 0 Å². The Morgan fingerprint density at radius 3 is 2.24 bits per heavy atom. The number of carbonyl (C=O) groups is 3.